The predicted octanol–water partition coefficient (Wildman–Crippen LogP) is 5.69. The van der Waals surface area contributed by atoms with E-state index in [-0.39, 0.29) is 29.9 Å². The Morgan fingerprint density at radius 2 is 1.12 bits per heavy atom. The molecule has 0 amide bonds. The van der Waals surface area contributed by atoms with E-state index in [1.165, 1.54) is 0 Å². The molecule has 6 nitrogen and oxygen atoms in total. The van der Waals surface area contributed by atoms with Gasteiger partial charge >= 0.3 is 17.9 Å². The molecule has 2 rings (SSSR count). The average molecular weight is 463 g/mol. The van der Waals surface area contributed by atoms with Crippen LogP contribution in [0.25, 0.3) is 0 Å². The highest BCUT2D eigenvalue weighted by Gasteiger charge is 2.30. The van der Waals surface area contributed by atoms with E-state index in [4.69, 9.17) is 14.2 Å². The van der Waals surface area contributed by atoms with Crippen molar-refractivity contribution in [3.8, 4) is 0 Å². The Hall–Kier alpha value is -2.11. The van der Waals surface area contributed by atoms with Crippen LogP contribution in [0.2, 0.25) is 0 Å². The van der Waals surface area contributed by atoms with Crippen LogP contribution in [-0.2, 0) is 28.6 Å². The van der Waals surface area contributed by atoms with E-state index in [9.17, 15) is 14.4 Å². The van der Waals surface area contributed by atoms with Gasteiger partial charge in [0.05, 0.1) is 19.1 Å². The maximum Gasteiger partial charge on any atom is 0.333 e. The molecule has 0 aromatic carbocycles. The Morgan fingerprint density at radius 1 is 0.697 bits per heavy atom. The molecule has 0 atom stereocenters. The van der Waals surface area contributed by atoms with E-state index in [1.807, 2.05) is 0 Å². The lowest BCUT2D eigenvalue weighted by Gasteiger charge is -2.31. The van der Waals surface area contributed by atoms with Gasteiger partial charge in [0.25, 0.3) is 0 Å². The van der Waals surface area contributed by atoms with Crippen molar-refractivity contribution < 1.29 is 28.6 Å². The fraction of sp³-hybridized carbons (Fsp3) is 0.741. The largest absolute Gasteiger partial charge is 0.462 e. The molecule has 0 saturated heterocycles. The van der Waals surface area contributed by atoms with Crippen molar-refractivity contribution in [1.29, 1.82) is 0 Å². The Kier molecular flexibility index (Phi) is 11.7. The number of esters is 3. The molecule has 0 N–H and O–H groups in total. The van der Waals surface area contributed by atoms with Crippen LogP contribution in [0.1, 0.15) is 90.9 Å². The molecule has 2 aliphatic rings. The molecule has 33 heavy (non-hydrogen) atoms. The van der Waals surface area contributed by atoms with Crippen molar-refractivity contribution in [1.82, 2.24) is 0 Å². The van der Waals surface area contributed by atoms with Crippen LogP contribution in [0, 0.1) is 17.8 Å². The molecule has 0 unspecified atom stereocenters. The normalized spacial score (nSPS) is 25.0. The molecular formula is C27H42O6. The number of carbonyl (C=O) groups is 3. The Labute approximate surface area is 199 Å². The Bertz CT molecular complexity index is 681. The minimum atomic E-state index is -0.320. The number of carbonyl (C=O) groups excluding carboxylic acids is 3. The average Bonchev–Trinajstić information content (AvgIpc) is 2.80. The summed E-state index contributed by atoms with van der Waals surface area (Å²) in [6, 6.07) is 0. The summed E-state index contributed by atoms with van der Waals surface area (Å²) < 4.78 is 16.2. The first-order valence-corrected chi connectivity index (χ1v) is 12.6. The van der Waals surface area contributed by atoms with Crippen LogP contribution in [0.15, 0.2) is 24.3 Å². The van der Waals surface area contributed by atoms with Gasteiger partial charge in [-0.05, 0) is 103 Å². The molecule has 186 valence electrons. The third kappa shape index (κ3) is 10.1. The third-order valence-electron chi connectivity index (χ3n) is 6.93. The lowest BCUT2D eigenvalue weighted by molar-refractivity contribution is -0.157. The van der Waals surface area contributed by atoms with E-state index in [0.29, 0.717) is 36.2 Å². The van der Waals surface area contributed by atoms with E-state index in [2.05, 4.69) is 13.2 Å². The summed E-state index contributed by atoms with van der Waals surface area (Å²) in [5.74, 6) is 0.599. The molecule has 0 radical (unpaired) electrons. The van der Waals surface area contributed by atoms with Crippen molar-refractivity contribution in [2.24, 2.45) is 17.8 Å². The van der Waals surface area contributed by atoms with Crippen LogP contribution >= 0.6 is 0 Å². The van der Waals surface area contributed by atoms with Gasteiger partial charge in [-0.2, -0.15) is 0 Å². The SMILES string of the molecule is C=C(C)C(=O)OCCCC1CCC(OC(=O)C2CCC(CCCOC(=O)C(=C)C)CC2)CC1. The van der Waals surface area contributed by atoms with Crippen LogP contribution in [0.3, 0.4) is 0 Å². The summed E-state index contributed by atoms with van der Waals surface area (Å²) in [7, 11) is 0. The van der Waals surface area contributed by atoms with Crippen LogP contribution in [0.4, 0.5) is 0 Å². The maximum absolute atomic E-state index is 12.6. The van der Waals surface area contributed by atoms with E-state index in [1.54, 1.807) is 13.8 Å². The zero-order chi connectivity index (χ0) is 24.2. The summed E-state index contributed by atoms with van der Waals surface area (Å²) in [4.78, 5) is 35.4. The summed E-state index contributed by atoms with van der Waals surface area (Å²) in [6.45, 7) is 11.4. The molecule has 0 spiro atoms. The van der Waals surface area contributed by atoms with Crippen LogP contribution < -0.4 is 0 Å². The number of rotatable bonds is 12. The van der Waals surface area contributed by atoms with Crippen LogP contribution in [0.5, 0.6) is 0 Å². The van der Waals surface area contributed by atoms with Crippen LogP contribution in [-0.4, -0.2) is 37.2 Å². The van der Waals surface area contributed by atoms with E-state index in [0.717, 1.165) is 77.0 Å². The molecule has 0 aromatic rings. The lowest BCUT2D eigenvalue weighted by Crippen LogP contribution is -2.30. The van der Waals surface area contributed by atoms with Crippen molar-refractivity contribution in [2.75, 3.05) is 13.2 Å². The minimum Gasteiger partial charge on any atom is -0.462 e. The summed E-state index contributed by atoms with van der Waals surface area (Å²) >= 11 is 0. The monoisotopic (exact) mass is 462 g/mol. The molecule has 6 heteroatoms. The van der Waals surface area contributed by atoms with Gasteiger partial charge in [-0.15, -0.1) is 0 Å². The smallest absolute Gasteiger partial charge is 0.333 e. The van der Waals surface area contributed by atoms with E-state index < -0.39 is 0 Å². The Balaban J connectivity index is 1.54. The quantitative estimate of drug-likeness (QED) is 0.160. The highest BCUT2D eigenvalue weighted by Crippen LogP contribution is 2.34. The molecule has 2 aliphatic carbocycles. The van der Waals surface area contributed by atoms with Gasteiger partial charge in [-0.3, -0.25) is 4.79 Å². The number of ether oxygens (including phenoxy) is 3. The summed E-state index contributed by atoms with van der Waals surface area (Å²) in [5, 5.41) is 0. The molecule has 0 heterocycles. The topological polar surface area (TPSA) is 78.9 Å². The van der Waals surface area contributed by atoms with Crippen molar-refractivity contribution >= 4 is 17.9 Å². The molecular weight excluding hydrogens is 420 g/mol. The van der Waals surface area contributed by atoms with Gasteiger partial charge in [0.2, 0.25) is 0 Å². The Morgan fingerprint density at radius 3 is 1.55 bits per heavy atom. The third-order valence-corrected chi connectivity index (χ3v) is 6.93. The van der Waals surface area contributed by atoms with Gasteiger partial charge in [0.15, 0.2) is 0 Å². The predicted molar refractivity (Wildman–Crippen MR) is 127 cm³/mol. The summed E-state index contributed by atoms with van der Waals surface area (Å²) in [5.41, 5.74) is 0.872. The molecule has 0 bridgehead atoms. The molecule has 2 fully saturated rings. The fourth-order valence-electron chi connectivity index (χ4n) is 4.81. The first-order chi connectivity index (χ1) is 15.8. The molecule has 0 aliphatic heterocycles. The van der Waals surface area contributed by atoms with Gasteiger partial charge in [0, 0.05) is 11.1 Å². The van der Waals surface area contributed by atoms with Gasteiger partial charge in [-0.1, -0.05) is 13.2 Å². The number of hydrogen-bond donors (Lipinski definition) is 0. The van der Waals surface area contributed by atoms with Crippen molar-refractivity contribution in [3.05, 3.63) is 24.3 Å². The molecule has 2 saturated carbocycles. The first kappa shape index (κ1) is 27.1. The lowest BCUT2D eigenvalue weighted by atomic mass is 9.80. The molecule has 0 aromatic heterocycles. The van der Waals surface area contributed by atoms with E-state index >= 15 is 0 Å². The minimum absolute atomic E-state index is 0.0148. The number of hydrogen-bond acceptors (Lipinski definition) is 6. The second kappa shape index (κ2) is 14.2. The zero-order valence-electron chi connectivity index (χ0n) is 20.6. The highest BCUT2D eigenvalue weighted by molar-refractivity contribution is 5.87. The van der Waals surface area contributed by atoms with Crippen molar-refractivity contribution in [3.63, 3.8) is 0 Å². The summed E-state index contributed by atoms with van der Waals surface area (Å²) in [6.07, 6.45) is 11.7. The fourth-order valence-corrected chi connectivity index (χ4v) is 4.81. The van der Waals surface area contributed by atoms with Gasteiger partial charge in [-0.25, -0.2) is 9.59 Å². The van der Waals surface area contributed by atoms with Crippen molar-refractivity contribution in [2.45, 2.75) is 97.0 Å². The highest BCUT2D eigenvalue weighted by atomic mass is 16.5. The second-order valence-electron chi connectivity index (χ2n) is 9.91. The van der Waals surface area contributed by atoms with Gasteiger partial charge in [0.1, 0.15) is 6.10 Å². The zero-order valence-corrected chi connectivity index (χ0v) is 20.6. The second-order valence-corrected chi connectivity index (χ2v) is 9.91. The standard InChI is InChI=1S/C27H42O6/c1-19(2)25(28)31-17-5-7-21-9-13-23(14-10-21)27(30)33-24-15-11-22(12-16-24)8-6-18-32-26(29)20(3)4/h21-24H,1,3,5-18H2,2,4H3. The van der Waals surface area contributed by atoms with Gasteiger partial charge < -0.3 is 14.2 Å². The first-order valence-electron chi connectivity index (χ1n) is 12.6. The maximum atomic E-state index is 12.6.